The minimum atomic E-state index is 0.0556. The van der Waals surface area contributed by atoms with E-state index in [1.165, 1.54) is 6.33 Å². The van der Waals surface area contributed by atoms with E-state index in [1.807, 2.05) is 18.2 Å². The molecule has 1 heterocycles. The molecule has 1 aromatic carbocycles. The summed E-state index contributed by atoms with van der Waals surface area (Å²) in [5, 5.41) is 0. The number of hydrogen-bond acceptors (Lipinski definition) is 3. The summed E-state index contributed by atoms with van der Waals surface area (Å²) in [5.41, 5.74) is 1.42. The van der Waals surface area contributed by atoms with Crippen molar-refractivity contribution in [1.82, 2.24) is 9.97 Å². The molecule has 2 aromatic rings. The minimum Gasteiger partial charge on any atom is -0.294 e. The van der Waals surface area contributed by atoms with E-state index in [9.17, 15) is 4.79 Å². The number of aromatic nitrogens is 2. The largest absolute Gasteiger partial charge is 0.294 e. The van der Waals surface area contributed by atoms with E-state index in [-0.39, 0.29) is 5.78 Å². The van der Waals surface area contributed by atoms with Crippen molar-refractivity contribution in [3.05, 3.63) is 58.6 Å². The van der Waals surface area contributed by atoms with Crippen molar-refractivity contribution in [3.63, 3.8) is 0 Å². The molecule has 0 atom stereocenters. The average Bonchev–Trinajstić information content (AvgIpc) is 2.30. The Kier molecular flexibility index (Phi) is 3.41. The molecule has 0 radical (unpaired) electrons. The number of hydrogen-bond donors (Lipinski definition) is 0. The third-order valence-electron chi connectivity index (χ3n) is 2.13. The number of carbonyl (C=O) groups excluding carboxylic acids is 1. The van der Waals surface area contributed by atoms with Crippen molar-refractivity contribution >= 4 is 21.7 Å². The summed E-state index contributed by atoms with van der Waals surface area (Å²) in [7, 11) is 0. The highest BCUT2D eigenvalue weighted by Crippen LogP contribution is 2.13. The van der Waals surface area contributed by atoms with E-state index < -0.39 is 0 Å². The molecule has 0 spiro atoms. The van der Waals surface area contributed by atoms with Gasteiger partial charge in [0, 0.05) is 16.2 Å². The van der Waals surface area contributed by atoms with Crippen molar-refractivity contribution in [2.45, 2.75) is 6.42 Å². The van der Waals surface area contributed by atoms with Gasteiger partial charge >= 0.3 is 0 Å². The third kappa shape index (κ3) is 2.73. The highest BCUT2D eigenvalue weighted by Gasteiger charge is 2.07. The van der Waals surface area contributed by atoms with Gasteiger partial charge in [-0.25, -0.2) is 9.97 Å². The van der Waals surface area contributed by atoms with Crippen LogP contribution in [0.5, 0.6) is 0 Å². The van der Waals surface area contributed by atoms with Gasteiger partial charge in [0.15, 0.2) is 5.78 Å². The zero-order chi connectivity index (χ0) is 11.4. The monoisotopic (exact) mass is 276 g/mol. The molecular weight excluding hydrogens is 268 g/mol. The molecule has 1 aromatic heterocycles. The first-order valence-electron chi connectivity index (χ1n) is 4.79. The number of halogens is 1. The van der Waals surface area contributed by atoms with Crippen LogP contribution in [0, 0.1) is 0 Å². The average molecular weight is 277 g/mol. The van der Waals surface area contributed by atoms with Crippen LogP contribution in [0.2, 0.25) is 0 Å². The minimum absolute atomic E-state index is 0.0556. The molecule has 0 saturated carbocycles. The van der Waals surface area contributed by atoms with Crippen molar-refractivity contribution < 1.29 is 4.79 Å². The first-order valence-corrected chi connectivity index (χ1v) is 5.58. The molecule has 0 aliphatic carbocycles. The molecule has 0 saturated heterocycles. The number of rotatable bonds is 3. The van der Waals surface area contributed by atoms with Crippen molar-refractivity contribution in [2.75, 3.05) is 0 Å². The fourth-order valence-corrected chi connectivity index (χ4v) is 1.75. The highest BCUT2D eigenvalue weighted by atomic mass is 79.9. The fraction of sp³-hybridized carbons (Fsp3) is 0.0833. The summed E-state index contributed by atoms with van der Waals surface area (Å²) in [6.07, 6.45) is 3.39. The number of benzene rings is 1. The van der Waals surface area contributed by atoms with Crippen LogP contribution in [0.15, 0.2) is 47.3 Å². The van der Waals surface area contributed by atoms with Crippen LogP contribution in [-0.2, 0) is 6.42 Å². The molecule has 0 unspecified atom stereocenters. The summed E-state index contributed by atoms with van der Waals surface area (Å²) in [6, 6.07) is 9.09. The molecular formula is C12H9BrN2O. The highest BCUT2D eigenvalue weighted by molar-refractivity contribution is 9.10. The topological polar surface area (TPSA) is 42.9 Å². The van der Waals surface area contributed by atoms with Crippen LogP contribution < -0.4 is 0 Å². The summed E-state index contributed by atoms with van der Waals surface area (Å²) < 4.78 is 0.904. The SMILES string of the molecule is O=C(Cc1ccncn1)c1cccc(Br)c1. The van der Waals surface area contributed by atoms with Crippen LogP contribution >= 0.6 is 15.9 Å². The van der Waals surface area contributed by atoms with E-state index >= 15 is 0 Å². The Balaban J connectivity index is 2.15. The smallest absolute Gasteiger partial charge is 0.168 e. The third-order valence-corrected chi connectivity index (χ3v) is 2.62. The Bertz CT molecular complexity index is 499. The van der Waals surface area contributed by atoms with Crippen LogP contribution in [0.1, 0.15) is 16.1 Å². The maximum Gasteiger partial charge on any atom is 0.168 e. The standard InChI is InChI=1S/C12H9BrN2O/c13-10-3-1-2-9(6-10)12(16)7-11-4-5-14-8-15-11/h1-6,8H,7H2. The molecule has 0 bridgehead atoms. The lowest BCUT2D eigenvalue weighted by Gasteiger charge is -2.00. The van der Waals surface area contributed by atoms with Gasteiger partial charge in [-0.05, 0) is 18.2 Å². The summed E-state index contributed by atoms with van der Waals surface area (Å²) in [5.74, 6) is 0.0556. The lowest BCUT2D eigenvalue weighted by atomic mass is 10.1. The fourth-order valence-electron chi connectivity index (χ4n) is 1.35. The van der Waals surface area contributed by atoms with Crippen molar-refractivity contribution in [3.8, 4) is 0 Å². The van der Waals surface area contributed by atoms with E-state index in [4.69, 9.17) is 0 Å². The van der Waals surface area contributed by atoms with E-state index in [2.05, 4.69) is 25.9 Å². The molecule has 0 aliphatic rings. The predicted molar refractivity (Wildman–Crippen MR) is 64.2 cm³/mol. The molecule has 4 heteroatoms. The molecule has 0 fully saturated rings. The maximum atomic E-state index is 11.9. The second-order valence-electron chi connectivity index (χ2n) is 3.31. The van der Waals surface area contributed by atoms with Gasteiger partial charge in [0.2, 0.25) is 0 Å². The Hall–Kier alpha value is -1.55. The molecule has 2 rings (SSSR count). The quantitative estimate of drug-likeness (QED) is 0.810. The van der Waals surface area contributed by atoms with Crippen LogP contribution in [-0.4, -0.2) is 15.8 Å². The van der Waals surface area contributed by atoms with E-state index in [1.54, 1.807) is 18.3 Å². The van der Waals surface area contributed by atoms with Crippen molar-refractivity contribution in [1.29, 1.82) is 0 Å². The summed E-state index contributed by atoms with van der Waals surface area (Å²) >= 11 is 3.34. The van der Waals surface area contributed by atoms with Gasteiger partial charge in [-0.2, -0.15) is 0 Å². The Morgan fingerprint density at radius 3 is 2.88 bits per heavy atom. The van der Waals surface area contributed by atoms with Crippen LogP contribution in [0.4, 0.5) is 0 Å². The van der Waals surface area contributed by atoms with Gasteiger partial charge < -0.3 is 0 Å². The Labute approximate surface area is 102 Å². The summed E-state index contributed by atoms with van der Waals surface area (Å²) in [6.45, 7) is 0. The normalized spacial score (nSPS) is 10.1. The van der Waals surface area contributed by atoms with Gasteiger partial charge in [-0.3, -0.25) is 4.79 Å². The molecule has 0 amide bonds. The number of Topliss-reactive ketones (excluding diaryl/α,β-unsaturated/α-hetero) is 1. The van der Waals surface area contributed by atoms with E-state index in [0.717, 1.165) is 10.2 Å². The van der Waals surface area contributed by atoms with Gasteiger partial charge in [0.1, 0.15) is 6.33 Å². The number of carbonyl (C=O) groups is 1. The zero-order valence-corrected chi connectivity index (χ0v) is 10.0. The predicted octanol–water partition coefficient (Wildman–Crippen LogP) is 2.66. The second kappa shape index (κ2) is 4.99. The first kappa shape index (κ1) is 11.0. The van der Waals surface area contributed by atoms with E-state index in [0.29, 0.717) is 12.0 Å². The Morgan fingerprint density at radius 1 is 1.31 bits per heavy atom. The van der Waals surface area contributed by atoms with Gasteiger partial charge in [0.25, 0.3) is 0 Å². The summed E-state index contributed by atoms with van der Waals surface area (Å²) in [4.78, 5) is 19.7. The first-order chi connectivity index (χ1) is 7.75. The number of ketones is 1. The van der Waals surface area contributed by atoms with Crippen LogP contribution in [0.3, 0.4) is 0 Å². The van der Waals surface area contributed by atoms with Gasteiger partial charge in [-0.15, -0.1) is 0 Å². The van der Waals surface area contributed by atoms with Gasteiger partial charge in [-0.1, -0.05) is 28.1 Å². The van der Waals surface area contributed by atoms with Gasteiger partial charge in [0.05, 0.1) is 12.1 Å². The maximum absolute atomic E-state index is 11.9. The molecule has 16 heavy (non-hydrogen) atoms. The van der Waals surface area contributed by atoms with Crippen molar-refractivity contribution in [2.24, 2.45) is 0 Å². The lowest BCUT2D eigenvalue weighted by molar-refractivity contribution is 0.0992. The molecule has 0 N–H and O–H groups in total. The molecule has 80 valence electrons. The lowest BCUT2D eigenvalue weighted by Crippen LogP contribution is -2.04. The number of nitrogens with zero attached hydrogens (tertiary/aromatic N) is 2. The zero-order valence-electron chi connectivity index (χ0n) is 8.43. The second-order valence-corrected chi connectivity index (χ2v) is 4.23. The molecule has 3 nitrogen and oxygen atoms in total. The Morgan fingerprint density at radius 2 is 2.19 bits per heavy atom. The van der Waals surface area contributed by atoms with Crippen LogP contribution in [0.25, 0.3) is 0 Å². The molecule has 0 aliphatic heterocycles.